The topological polar surface area (TPSA) is 34.1 Å². The number of hydrogen-bond donors (Lipinski definition) is 1. The molecule has 1 heterocycles. The van der Waals surface area contributed by atoms with Gasteiger partial charge < -0.3 is 10.1 Å². The molecular formula is C16H21BrN2OS. The molecule has 0 fully saturated rings. The van der Waals surface area contributed by atoms with E-state index >= 15 is 0 Å². The third-order valence-electron chi connectivity index (χ3n) is 2.86. The summed E-state index contributed by atoms with van der Waals surface area (Å²) >= 11 is 5.25. The van der Waals surface area contributed by atoms with Crippen LogP contribution in [0.2, 0.25) is 0 Å². The molecule has 0 amide bonds. The van der Waals surface area contributed by atoms with Crippen LogP contribution in [0.5, 0.6) is 5.75 Å². The number of hydrogen-bond acceptors (Lipinski definition) is 4. The van der Waals surface area contributed by atoms with Gasteiger partial charge in [-0.1, -0.05) is 6.07 Å². The van der Waals surface area contributed by atoms with Gasteiger partial charge in [0, 0.05) is 18.3 Å². The summed E-state index contributed by atoms with van der Waals surface area (Å²) in [6.45, 7) is 9.89. The average Bonchev–Trinajstić information content (AvgIpc) is 2.80. The second-order valence-corrected chi connectivity index (χ2v) is 8.18. The van der Waals surface area contributed by atoms with Crippen molar-refractivity contribution in [1.82, 2.24) is 10.3 Å². The van der Waals surface area contributed by atoms with E-state index in [1.165, 1.54) is 5.56 Å². The smallest absolute Gasteiger partial charge is 0.134 e. The van der Waals surface area contributed by atoms with E-state index in [2.05, 4.69) is 59.1 Å². The normalized spacial score (nSPS) is 11.7. The highest BCUT2D eigenvalue weighted by Gasteiger charge is 2.10. The van der Waals surface area contributed by atoms with Crippen molar-refractivity contribution < 1.29 is 4.74 Å². The molecule has 0 saturated heterocycles. The lowest BCUT2D eigenvalue weighted by molar-refractivity contribution is 0.307. The van der Waals surface area contributed by atoms with E-state index in [-0.39, 0.29) is 5.54 Å². The molecule has 0 atom stereocenters. The number of ether oxygens (including phenoxy) is 1. The summed E-state index contributed by atoms with van der Waals surface area (Å²) in [6.07, 6.45) is 1.87. The number of nitrogens with one attached hydrogen (secondary N) is 1. The summed E-state index contributed by atoms with van der Waals surface area (Å²) in [5.74, 6) is 0.862. The Morgan fingerprint density at radius 3 is 2.67 bits per heavy atom. The Labute approximate surface area is 138 Å². The van der Waals surface area contributed by atoms with Crippen LogP contribution in [0, 0.1) is 6.92 Å². The highest BCUT2D eigenvalue weighted by molar-refractivity contribution is 9.10. The van der Waals surface area contributed by atoms with E-state index in [1.807, 2.05) is 19.2 Å². The van der Waals surface area contributed by atoms with Crippen LogP contribution < -0.4 is 10.1 Å². The fourth-order valence-corrected chi connectivity index (χ4v) is 3.01. The molecule has 0 unspecified atom stereocenters. The molecule has 1 aromatic heterocycles. The van der Waals surface area contributed by atoms with Gasteiger partial charge in [-0.15, -0.1) is 11.3 Å². The third kappa shape index (κ3) is 5.41. The van der Waals surface area contributed by atoms with Gasteiger partial charge in [0.1, 0.15) is 12.4 Å². The Hall–Kier alpha value is -0.910. The number of rotatable bonds is 5. The van der Waals surface area contributed by atoms with E-state index in [1.54, 1.807) is 11.3 Å². The van der Waals surface area contributed by atoms with Crippen molar-refractivity contribution in [2.45, 2.75) is 46.4 Å². The Morgan fingerprint density at radius 2 is 2.10 bits per heavy atom. The lowest BCUT2D eigenvalue weighted by atomic mass is 10.1. The fourth-order valence-electron chi connectivity index (χ4n) is 1.76. The average molecular weight is 369 g/mol. The Balaban J connectivity index is 1.95. The molecule has 1 aromatic carbocycles. The van der Waals surface area contributed by atoms with E-state index in [0.29, 0.717) is 6.61 Å². The molecule has 0 aliphatic rings. The van der Waals surface area contributed by atoms with E-state index in [4.69, 9.17) is 4.74 Å². The number of nitrogens with zero attached hydrogens (tertiary/aromatic N) is 1. The molecule has 1 N–H and O–H groups in total. The summed E-state index contributed by atoms with van der Waals surface area (Å²) < 4.78 is 6.82. The first-order valence-electron chi connectivity index (χ1n) is 6.91. The van der Waals surface area contributed by atoms with Gasteiger partial charge in [0.2, 0.25) is 0 Å². The highest BCUT2D eigenvalue weighted by atomic mass is 79.9. The maximum atomic E-state index is 5.84. The predicted molar refractivity (Wildman–Crippen MR) is 91.9 cm³/mol. The number of thiazole rings is 1. The van der Waals surface area contributed by atoms with Crippen molar-refractivity contribution >= 4 is 27.3 Å². The van der Waals surface area contributed by atoms with Crippen molar-refractivity contribution in [2.75, 3.05) is 0 Å². The maximum absolute atomic E-state index is 5.84. The monoisotopic (exact) mass is 368 g/mol. The molecule has 2 rings (SSSR count). The summed E-state index contributed by atoms with van der Waals surface area (Å²) in [5, 5.41) is 4.54. The molecule has 0 saturated carbocycles. The number of aryl methyl sites for hydroxylation is 1. The van der Waals surface area contributed by atoms with Gasteiger partial charge in [0.15, 0.2) is 0 Å². The van der Waals surface area contributed by atoms with Gasteiger partial charge in [-0.05, 0) is 61.3 Å². The standard InChI is InChI=1S/C16H21BrN2OS/c1-11-18-9-13(21-11)10-20-15-6-5-12(7-14(15)17)8-19-16(2,3)4/h5-7,9,19H,8,10H2,1-4H3. The van der Waals surface area contributed by atoms with Crippen LogP contribution in [0.15, 0.2) is 28.9 Å². The number of benzene rings is 1. The number of halogens is 1. The molecule has 0 aliphatic carbocycles. The van der Waals surface area contributed by atoms with Gasteiger partial charge >= 0.3 is 0 Å². The SMILES string of the molecule is Cc1ncc(COc2ccc(CNC(C)(C)C)cc2Br)s1. The lowest BCUT2D eigenvalue weighted by Crippen LogP contribution is -2.35. The van der Waals surface area contributed by atoms with Crippen LogP contribution in [0.3, 0.4) is 0 Å². The molecule has 2 aromatic rings. The van der Waals surface area contributed by atoms with Gasteiger partial charge in [-0.3, -0.25) is 0 Å². The molecule has 0 radical (unpaired) electrons. The molecule has 0 bridgehead atoms. The molecule has 0 aliphatic heterocycles. The quantitative estimate of drug-likeness (QED) is 0.831. The van der Waals surface area contributed by atoms with Gasteiger partial charge in [0.25, 0.3) is 0 Å². The molecule has 3 nitrogen and oxygen atoms in total. The molecule has 0 spiro atoms. The summed E-state index contributed by atoms with van der Waals surface area (Å²) in [4.78, 5) is 5.37. The van der Waals surface area contributed by atoms with Crippen LogP contribution in [-0.2, 0) is 13.2 Å². The van der Waals surface area contributed by atoms with Crippen molar-refractivity contribution in [3.05, 3.63) is 44.3 Å². The second-order valence-electron chi connectivity index (χ2n) is 6.00. The van der Waals surface area contributed by atoms with Gasteiger partial charge in [0.05, 0.1) is 14.4 Å². The number of aromatic nitrogens is 1. The first-order valence-corrected chi connectivity index (χ1v) is 8.52. The largest absolute Gasteiger partial charge is 0.487 e. The van der Waals surface area contributed by atoms with Crippen molar-refractivity contribution in [3.63, 3.8) is 0 Å². The summed E-state index contributed by atoms with van der Waals surface area (Å²) in [5.41, 5.74) is 1.35. The van der Waals surface area contributed by atoms with Crippen molar-refractivity contribution in [2.24, 2.45) is 0 Å². The minimum atomic E-state index is 0.117. The van der Waals surface area contributed by atoms with Crippen LogP contribution in [-0.4, -0.2) is 10.5 Å². The first-order chi connectivity index (χ1) is 9.83. The first kappa shape index (κ1) is 16.5. The van der Waals surface area contributed by atoms with Gasteiger partial charge in [-0.25, -0.2) is 4.98 Å². The van der Waals surface area contributed by atoms with Crippen LogP contribution >= 0.6 is 27.3 Å². The van der Waals surface area contributed by atoms with Gasteiger partial charge in [-0.2, -0.15) is 0 Å². The molecule has 21 heavy (non-hydrogen) atoms. The third-order valence-corrected chi connectivity index (χ3v) is 4.36. The van der Waals surface area contributed by atoms with Crippen LogP contribution in [0.4, 0.5) is 0 Å². The summed E-state index contributed by atoms with van der Waals surface area (Å²) in [7, 11) is 0. The minimum absolute atomic E-state index is 0.117. The van der Waals surface area contributed by atoms with Crippen LogP contribution in [0.25, 0.3) is 0 Å². The zero-order chi connectivity index (χ0) is 15.5. The van der Waals surface area contributed by atoms with E-state index in [0.717, 1.165) is 26.7 Å². The molecular weight excluding hydrogens is 348 g/mol. The molecule has 114 valence electrons. The van der Waals surface area contributed by atoms with E-state index in [9.17, 15) is 0 Å². The highest BCUT2D eigenvalue weighted by Crippen LogP contribution is 2.27. The maximum Gasteiger partial charge on any atom is 0.134 e. The van der Waals surface area contributed by atoms with Crippen LogP contribution in [0.1, 0.15) is 36.2 Å². The molecule has 5 heteroatoms. The predicted octanol–water partition coefficient (Wildman–Crippen LogP) is 4.68. The van der Waals surface area contributed by atoms with E-state index < -0.39 is 0 Å². The zero-order valence-electron chi connectivity index (χ0n) is 12.9. The Bertz CT molecular complexity index is 605. The minimum Gasteiger partial charge on any atom is -0.487 e. The zero-order valence-corrected chi connectivity index (χ0v) is 15.3. The Morgan fingerprint density at radius 1 is 1.33 bits per heavy atom. The second kappa shape index (κ2) is 6.90. The van der Waals surface area contributed by atoms with Crippen molar-refractivity contribution in [1.29, 1.82) is 0 Å². The van der Waals surface area contributed by atoms with Crippen molar-refractivity contribution in [3.8, 4) is 5.75 Å². The fraction of sp³-hybridized carbons (Fsp3) is 0.438. The Kier molecular flexibility index (Phi) is 5.41. The summed E-state index contributed by atoms with van der Waals surface area (Å²) in [6, 6.07) is 6.21. The lowest BCUT2D eigenvalue weighted by Gasteiger charge is -2.20.